The van der Waals surface area contributed by atoms with E-state index in [4.69, 9.17) is 15.0 Å². The fourth-order valence-electron chi connectivity index (χ4n) is 4.71. The number of benzene rings is 3. The number of carboxylic acids is 1. The summed E-state index contributed by atoms with van der Waals surface area (Å²) in [6.07, 6.45) is 3.04. The lowest BCUT2D eigenvalue weighted by Crippen LogP contribution is -2.12. The van der Waals surface area contributed by atoms with Gasteiger partial charge in [-0.1, -0.05) is 18.2 Å². The van der Waals surface area contributed by atoms with Crippen molar-refractivity contribution in [3.05, 3.63) is 106 Å². The molecule has 3 N–H and O–H groups in total. The third-order valence-corrected chi connectivity index (χ3v) is 8.77. The van der Waals surface area contributed by atoms with Crippen molar-refractivity contribution in [2.24, 2.45) is 11.1 Å². The van der Waals surface area contributed by atoms with E-state index in [-0.39, 0.29) is 22.1 Å². The average Bonchev–Trinajstić information content (AvgIpc) is 3.52. The van der Waals surface area contributed by atoms with Crippen LogP contribution < -0.4 is 9.88 Å². The van der Waals surface area contributed by atoms with Crippen molar-refractivity contribution in [2.75, 3.05) is 0 Å². The normalized spacial score (nSPS) is 13.3. The van der Waals surface area contributed by atoms with Crippen molar-refractivity contribution in [1.82, 2.24) is 14.8 Å². The highest BCUT2D eigenvalue weighted by molar-refractivity contribution is 7.89. The Morgan fingerprint density at radius 3 is 2.51 bits per heavy atom. The van der Waals surface area contributed by atoms with E-state index in [2.05, 4.69) is 4.98 Å². The van der Waals surface area contributed by atoms with Gasteiger partial charge in [-0.25, -0.2) is 36.8 Å². The van der Waals surface area contributed by atoms with Gasteiger partial charge in [0.2, 0.25) is 15.2 Å². The van der Waals surface area contributed by atoms with Gasteiger partial charge in [0.05, 0.1) is 16.3 Å². The van der Waals surface area contributed by atoms with Crippen LogP contribution in [0.3, 0.4) is 0 Å². The Bertz CT molecular complexity index is 1950. The number of hydrogen-bond donors (Lipinski definition) is 2. The predicted molar refractivity (Wildman–Crippen MR) is 155 cm³/mol. The summed E-state index contributed by atoms with van der Waals surface area (Å²) >= 11 is 1.14. The first-order chi connectivity index (χ1) is 20.5. The van der Waals surface area contributed by atoms with Gasteiger partial charge in [0.1, 0.15) is 11.6 Å². The molecule has 0 saturated heterocycles. The Hall–Kier alpha value is -4.46. The van der Waals surface area contributed by atoms with Crippen LogP contribution in [-0.2, 0) is 22.9 Å². The van der Waals surface area contributed by atoms with Gasteiger partial charge in [-0.2, -0.15) is 5.10 Å². The van der Waals surface area contributed by atoms with Crippen molar-refractivity contribution >= 4 is 27.3 Å². The summed E-state index contributed by atoms with van der Waals surface area (Å²) in [5.41, 5.74) is 3.26. The van der Waals surface area contributed by atoms with Crippen LogP contribution >= 0.6 is 11.3 Å². The van der Waals surface area contributed by atoms with Gasteiger partial charge in [0, 0.05) is 29.0 Å². The number of aromatic nitrogens is 3. The third-order valence-electron chi connectivity index (χ3n) is 7.02. The van der Waals surface area contributed by atoms with E-state index in [1.165, 1.54) is 47.8 Å². The van der Waals surface area contributed by atoms with Gasteiger partial charge < -0.3 is 9.84 Å². The van der Waals surface area contributed by atoms with Gasteiger partial charge in [-0.3, -0.25) is 0 Å². The molecule has 0 amide bonds. The predicted octanol–water partition coefficient (Wildman–Crippen LogP) is 5.96. The van der Waals surface area contributed by atoms with Gasteiger partial charge in [0.15, 0.2) is 17.3 Å². The third kappa shape index (κ3) is 6.33. The number of nitrogens with two attached hydrogens (primary N) is 1. The lowest BCUT2D eigenvalue weighted by molar-refractivity contribution is 0.0691. The van der Waals surface area contributed by atoms with Crippen LogP contribution in [-0.4, -0.2) is 34.3 Å². The number of primary sulfonamides is 1. The van der Waals surface area contributed by atoms with Crippen molar-refractivity contribution in [1.29, 1.82) is 0 Å². The lowest BCUT2D eigenvalue weighted by Gasteiger charge is -2.11. The zero-order valence-electron chi connectivity index (χ0n) is 22.4. The first-order valence-electron chi connectivity index (χ1n) is 13.2. The van der Waals surface area contributed by atoms with Crippen LogP contribution in [0.25, 0.3) is 16.4 Å². The second-order valence-electron chi connectivity index (χ2n) is 10.2. The van der Waals surface area contributed by atoms with Crippen molar-refractivity contribution in [3.8, 4) is 27.9 Å². The molecule has 9 nitrogen and oxygen atoms in total. The average molecular weight is 623 g/mol. The highest BCUT2D eigenvalue weighted by Gasteiger charge is 2.29. The zero-order valence-corrected chi connectivity index (χ0v) is 24.0. The summed E-state index contributed by atoms with van der Waals surface area (Å²) < 4.78 is 59.6. The molecule has 2 heterocycles. The van der Waals surface area contributed by atoms with Crippen molar-refractivity contribution in [2.45, 2.75) is 30.6 Å². The van der Waals surface area contributed by atoms with Crippen molar-refractivity contribution in [3.63, 3.8) is 0 Å². The summed E-state index contributed by atoms with van der Waals surface area (Å²) in [7, 11) is -3.88. The molecule has 1 aliphatic carbocycles. The molecular formula is C30H24F2N4O5S2. The highest BCUT2D eigenvalue weighted by Crippen LogP contribution is 2.39. The number of hydrogen-bond acceptors (Lipinski definition) is 7. The molecular weight excluding hydrogens is 598 g/mol. The maximum atomic E-state index is 14.9. The number of aromatic carboxylic acids is 1. The molecule has 6 rings (SSSR count). The van der Waals surface area contributed by atoms with E-state index < -0.39 is 27.6 Å². The molecule has 0 aliphatic heterocycles. The molecule has 0 unspecified atom stereocenters. The smallest absolute Gasteiger partial charge is 0.355 e. The molecule has 0 bridgehead atoms. The largest absolute Gasteiger partial charge is 0.476 e. The first-order valence-corrected chi connectivity index (χ1v) is 15.6. The fourth-order valence-corrected chi connectivity index (χ4v) is 6.00. The number of rotatable bonds is 10. The van der Waals surface area contributed by atoms with E-state index in [9.17, 15) is 27.1 Å². The molecule has 2 aromatic heterocycles. The molecule has 220 valence electrons. The summed E-state index contributed by atoms with van der Waals surface area (Å²) in [5, 5.41) is 21.4. The van der Waals surface area contributed by atoms with Crippen molar-refractivity contribution < 1.29 is 31.8 Å². The molecule has 0 atom stereocenters. The number of halogens is 2. The SMILES string of the molecule is NS(=O)(=O)c1ccc(Cc2c(-c3ccc(F)c(Oc4cccc(F)c4)c3)nn(-c3nc(C(=O)O)cs3)c2CC2CC2)cc1. The minimum Gasteiger partial charge on any atom is -0.476 e. The van der Waals surface area contributed by atoms with Crippen LogP contribution in [0.1, 0.15) is 40.2 Å². The van der Waals surface area contributed by atoms with Gasteiger partial charge >= 0.3 is 5.97 Å². The summed E-state index contributed by atoms with van der Waals surface area (Å²) in [4.78, 5) is 15.8. The first kappa shape index (κ1) is 28.6. The Morgan fingerprint density at radius 2 is 1.86 bits per heavy atom. The number of sulfonamides is 1. The minimum atomic E-state index is -3.88. The Morgan fingerprint density at radius 1 is 1.09 bits per heavy atom. The van der Waals surface area contributed by atoms with Crippen LogP contribution in [0.15, 0.2) is 77.0 Å². The molecule has 43 heavy (non-hydrogen) atoms. The van der Waals surface area contributed by atoms with Crippen LogP contribution in [0.4, 0.5) is 8.78 Å². The Kier molecular flexibility index (Phi) is 7.54. The number of ether oxygens (including phenoxy) is 1. The van der Waals surface area contributed by atoms with Gasteiger partial charge in [-0.15, -0.1) is 11.3 Å². The summed E-state index contributed by atoms with van der Waals surface area (Å²) in [5.74, 6) is -1.95. The van der Waals surface area contributed by atoms with E-state index >= 15 is 0 Å². The molecule has 5 aromatic rings. The molecule has 0 radical (unpaired) electrons. The quantitative estimate of drug-likeness (QED) is 0.196. The van der Waals surface area contributed by atoms with Crippen LogP contribution in [0, 0.1) is 17.6 Å². The maximum absolute atomic E-state index is 14.9. The fraction of sp³-hybridized carbons (Fsp3) is 0.167. The molecule has 1 saturated carbocycles. The second-order valence-corrected chi connectivity index (χ2v) is 12.6. The number of carboxylic acid groups (broad SMARTS) is 1. The lowest BCUT2D eigenvalue weighted by atomic mass is 9.97. The molecule has 1 aliphatic rings. The number of nitrogens with zero attached hydrogens (tertiary/aromatic N) is 3. The van der Waals surface area contributed by atoms with E-state index in [1.54, 1.807) is 22.9 Å². The number of carbonyl (C=O) groups is 1. The highest BCUT2D eigenvalue weighted by atomic mass is 32.2. The molecule has 1 fully saturated rings. The molecule has 3 aromatic carbocycles. The monoisotopic (exact) mass is 622 g/mol. The van der Waals surface area contributed by atoms with Gasteiger partial charge in [-0.05, 0) is 73.2 Å². The van der Waals surface area contributed by atoms with E-state index in [0.717, 1.165) is 47.1 Å². The topological polar surface area (TPSA) is 137 Å². The Labute approximate surface area is 249 Å². The molecule has 0 spiro atoms. The number of thiazole rings is 1. The van der Waals surface area contributed by atoms with E-state index in [1.807, 2.05) is 0 Å². The minimum absolute atomic E-state index is 0.0213. The summed E-state index contributed by atoms with van der Waals surface area (Å²) in [6, 6.07) is 15.8. The zero-order chi connectivity index (χ0) is 30.3. The summed E-state index contributed by atoms with van der Waals surface area (Å²) in [6.45, 7) is 0. The van der Waals surface area contributed by atoms with Crippen LogP contribution in [0.5, 0.6) is 11.5 Å². The van der Waals surface area contributed by atoms with Gasteiger partial charge in [0.25, 0.3) is 0 Å². The Balaban J connectivity index is 1.49. The van der Waals surface area contributed by atoms with Crippen LogP contribution in [0.2, 0.25) is 0 Å². The standard InChI is InChI=1S/C30H24F2N4O5S2/c31-20-2-1-3-21(15-20)41-27-14-19(8-11-24(27)32)28-23(12-17-6-9-22(10-7-17)43(33,39)40)26(13-18-4-5-18)36(35-28)30-34-25(16-42-30)29(37)38/h1-3,6-11,14-16,18H,4-5,12-13H2,(H,37,38)(H2,33,39,40). The maximum Gasteiger partial charge on any atom is 0.355 e. The second kappa shape index (κ2) is 11.3. The molecule has 13 heteroatoms. The van der Waals surface area contributed by atoms with E-state index in [0.29, 0.717) is 35.1 Å².